The molecule has 0 fully saturated rings. The average Bonchev–Trinajstić information content (AvgIpc) is 2.38. The molecule has 0 aromatic heterocycles. The van der Waals surface area contributed by atoms with Crippen LogP contribution in [-0.4, -0.2) is 19.0 Å². The standard InChI is InChI=1S/C15H22N2O/c1-11-5-3-6-13-7-4-10-17(14(11)13)15(18)12(2)8-9-16/h3,5-6,12H,4,7-10,16H2,1-2H3. The van der Waals surface area contributed by atoms with Gasteiger partial charge in [-0.15, -0.1) is 0 Å². The number of carbonyl (C=O) groups excluding carboxylic acids is 1. The lowest BCUT2D eigenvalue weighted by atomic mass is 9.96. The molecule has 1 unspecified atom stereocenters. The summed E-state index contributed by atoms with van der Waals surface area (Å²) in [5.41, 5.74) is 9.18. The molecule has 3 nitrogen and oxygen atoms in total. The first-order valence-corrected chi connectivity index (χ1v) is 6.75. The van der Waals surface area contributed by atoms with E-state index in [1.807, 2.05) is 11.8 Å². The van der Waals surface area contributed by atoms with Gasteiger partial charge in [0.25, 0.3) is 0 Å². The largest absolute Gasteiger partial charge is 0.330 e. The van der Waals surface area contributed by atoms with Crippen LogP contribution in [-0.2, 0) is 11.2 Å². The summed E-state index contributed by atoms with van der Waals surface area (Å²) >= 11 is 0. The van der Waals surface area contributed by atoms with Crippen LogP contribution in [0.3, 0.4) is 0 Å². The molecule has 1 atom stereocenters. The number of hydrogen-bond donors (Lipinski definition) is 1. The number of anilines is 1. The fourth-order valence-corrected chi connectivity index (χ4v) is 2.71. The summed E-state index contributed by atoms with van der Waals surface area (Å²) < 4.78 is 0. The molecular formula is C15H22N2O. The van der Waals surface area contributed by atoms with Crippen molar-refractivity contribution in [1.82, 2.24) is 0 Å². The summed E-state index contributed by atoms with van der Waals surface area (Å²) in [6.45, 7) is 5.47. The van der Waals surface area contributed by atoms with E-state index in [9.17, 15) is 4.79 Å². The first-order chi connectivity index (χ1) is 8.65. The maximum Gasteiger partial charge on any atom is 0.229 e. The van der Waals surface area contributed by atoms with Gasteiger partial charge in [0.05, 0.1) is 0 Å². The molecule has 1 heterocycles. The molecule has 18 heavy (non-hydrogen) atoms. The van der Waals surface area contributed by atoms with Crippen molar-refractivity contribution in [3.05, 3.63) is 29.3 Å². The van der Waals surface area contributed by atoms with E-state index < -0.39 is 0 Å². The van der Waals surface area contributed by atoms with E-state index >= 15 is 0 Å². The minimum absolute atomic E-state index is 0.0144. The van der Waals surface area contributed by atoms with E-state index in [-0.39, 0.29) is 11.8 Å². The Hall–Kier alpha value is -1.35. The molecule has 0 spiro atoms. The van der Waals surface area contributed by atoms with Crippen LogP contribution in [0.1, 0.15) is 30.9 Å². The monoisotopic (exact) mass is 246 g/mol. The highest BCUT2D eigenvalue weighted by molar-refractivity contribution is 5.96. The number of para-hydroxylation sites is 1. The van der Waals surface area contributed by atoms with E-state index in [2.05, 4.69) is 25.1 Å². The molecule has 1 aromatic carbocycles. The normalized spacial score (nSPS) is 16.3. The van der Waals surface area contributed by atoms with E-state index in [1.165, 1.54) is 11.1 Å². The van der Waals surface area contributed by atoms with Gasteiger partial charge in [-0.25, -0.2) is 0 Å². The second-order valence-corrected chi connectivity index (χ2v) is 5.15. The summed E-state index contributed by atoms with van der Waals surface area (Å²) in [6, 6.07) is 6.29. The summed E-state index contributed by atoms with van der Waals surface area (Å²) in [6.07, 6.45) is 2.89. The van der Waals surface area contributed by atoms with Crippen molar-refractivity contribution in [2.24, 2.45) is 11.7 Å². The Labute approximate surface area is 109 Å². The summed E-state index contributed by atoms with van der Waals surface area (Å²) in [5.74, 6) is 0.233. The molecule has 0 radical (unpaired) electrons. The molecule has 98 valence electrons. The van der Waals surface area contributed by atoms with Crippen molar-refractivity contribution in [3.8, 4) is 0 Å². The Kier molecular flexibility index (Phi) is 4.02. The van der Waals surface area contributed by atoms with Gasteiger partial charge < -0.3 is 10.6 Å². The van der Waals surface area contributed by atoms with Crippen LogP contribution in [0.25, 0.3) is 0 Å². The zero-order valence-corrected chi connectivity index (χ0v) is 11.3. The Balaban J connectivity index is 2.30. The first-order valence-electron chi connectivity index (χ1n) is 6.75. The van der Waals surface area contributed by atoms with Gasteiger partial charge in [0.2, 0.25) is 5.91 Å². The second-order valence-electron chi connectivity index (χ2n) is 5.15. The van der Waals surface area contributed by atoms with Crippen LogP contribution < -0.4 is 10.6 Å². The van der Waals surface area contributed by atoms with Gasteiger partial charge in [0.15, 0.2) is 0 Å². The van der Waals surface area contributed by atoms with Crippen LogP contribution in [0.2, 0.25) is 0 Å². The third-order valence-electron chi connectivity index (χ3n) is 3.71. The highest BCUT2D eigenvalue weighted by atomic mass is 16.2. The molecule has 1 amide bonds. The topological polar surface area (TPSA) is 46.3 Å². The van der Waals surface area contributed by atoms with Crippen molar-refractivity contribution >= 4 is 11.6 Å². The lowest BCUT2D eigenvalue weighted by Crippen LogP contribution is -2.39. The molecular weight excluding hydrogens is 224 g/mol. The smallest absolute Gasteiger partial charge is 0.229 e. The fourth-order valence-electron chi connectivity index (χ4n) is 2.71. The molecule has 0 saturated carbocycles. The maximum atomic E-state index is 12.5. The number of rotatable bonds is 3. The van der Waals surface area contributed by atoms with Crippen molar-refractivity contribution < 1.29 is 4.79 Å². The lowest BCUT2D eigenvalue weighted by Gasteiger charge is -2.33. The molecule has 0 aliphatic carbocycles. The number of benzene rings is 1. The average molecular weight is 246 g/mol. The zero-order chi connectivity index (χ0) is 13.1. The third-order valence-corrected chi connectivity index (χ3v) is 3.71. The fraction of sp³-hybridized carbons (Fsp3) is 0.533. The van der Waals surface area contributed by atoms with E-state index in [1.54, 1.807) is 0 Å². The molecule has 1 aliphatic rings. The number of carbonyl (C=O) groups is 1. The highest BCUT2D eigenvalue weighted by Gasteiger charge is 2.26. The van der Waals surface area contributed by atoms with Gasteiger partial charge in [-0.1, -0.05) is 25.1 Å². The van der Waals surface area contributed by atoms with Crippen LogP contribution in [0.4, 0.5) is 5.69 Å². The van der Waals surface area contributed by atoms with Gasteiger partial charge in [-0.05, 0) is 43.9 Å². The van der Waals surface area contributed by atoms with Crippen molar-refractivity contribution in [3.63, 3.8) is 0 Å². The Bertz CT molecular complexity index is 442. The Morgan fingerprint density at radius 2 is 2.28 bits per heavy atom. The number of nitrogens with zero attached hydrogens (tertiary/aromatic N) is 1. The quantitative estimate of drug-likeness (QED) is 0.889. The van der Waals surface area contributed by atoms with Gasteiger partial charge >= 0.3 is 0 Å². The zero-order valence-electron chi connectivity index (χ0n) is 11.3. The Morgan fingerprint density at radius 3 is 3.00 bits per heavy atom. The highest BCUT2D eigenvalue weighted by Crippen LogP contribution is 2.31. The minimum Gasteiger partial charge on any atom is -0.330 e. The molecule has 2 N–H and O–H groups in total. The van der Waals surface area contributed by atoms with Gasteiger partial charge in [-0.3, -0.25) is 4.79 Å². The minimum atomic E-state index is 0.0144. The van der Waals surface area contributed by atoms with Crippen LogP contribution >= 0.6 is 0 Å². The van der Waals surface area contributed by atoms with Gasteiger partial charge in [0, 0.05) is 18.2 Å². The van der Waals surface area contributed by atoms with Crippen LogP contribution in [0.5, 0.6) is 0 Å². The van der Waals surface area contributed by atoms with Crippen LogP contribution in [0.15, 0.2) is 18.2 Å². The summed E-state index contributed by atoms with van der Waals surface area (Å²) in [5, 5.41) is 0. The van der Waals surface area contributed by atoms with Crippen molar-refractivity contribution in [2.45, 2.75) is 33.1 Å². The number of hydrogen-bond acceptors (Lipinski definition) is 2. The summed E-state index contributed by atoms with van der Waals surface area (Å²) in [4.78, 5) is 14.4. The maximum absolute atomic E-state index is 12.5. The van der Waals surface area contributed by atoms with Gasteiger partial charge in [-0.2, -0.15) is 0 Å². The number of fused-ring (bicyclic) bond motifs is 1. The van der Waals surface area contributed by atoms with Crippen molar-refractivity contribution in [1.29, 1.82) is 0 Å². The molecule has 1 aromatic rings. The SMILES string of the molecule is Cc1cccc2c1N(C(=O)C(C)CCN)CCC2. The predicted octanol–water partition coefficient (Wildman–Crippen LogP) is 2.26. The number of nitrogens with two attached hydrogens (primary N) is 1. The first kappa shape index (κ1) is 13.1. The molecule has 3 heteroatoms. The van der Waals surface area contributed by atoms with E-state index in [0.29, 0.717) is 6.54 Å². The van der Waals surface area contributed by atoms with E-state index in [4.69, 9.17) is 5.73 Å². The molecule has 0 saturated heterocycles. The second kappa shape index (κ2) is 5.53. The number of aryl methyl sites for hydroxylation is 2. The molecule has 2 rings (SSSR count). The Morgan fingerprint density at radius 1 is 1.50 bits per heavy atom. The van der Waals surface area contributed by atoms with Crippen molar-refractivity contribution in [2.75, 3.05) is 18.0 Å². The predicted molar refractivity (Wildman–Crippen MR) is 74.7 cm³/mol. The molecule has 1 aliphatic heterocycles. The van der Waals surface area contributed by atoms with Gasteiger partial charge in [0.1, 0.15) is 0 Å². The van der Waals surface area contributed by atoms with E-state index in [0.717, 1.165) is 31.5 Å². The summed E-state index contributed by atoms with van der Waals surface area (Å²) in [7, 11) is 0. The van der Waals surface area contributed by atoms with Crippen LogP contribution in [0, 0.1) is 12.8 Å². The number of amides is 1. The third kappa shape index (κ3) is 2.41. The molecule has 0 bridgehead atoms. The lowest BCUT2D eigenvalue weighted by molar-refractivity contribution is -0.122.